The Morgan fingerprint density at radius 2 is 2.00 bits per heavy atom. The molecule has 0 fully saturated rings. The van der Waals surface area contributed by atoms with E-state index < -0.39 is 4.87 Å². The largest absolute Gasteiger partial charge is 0.125 e. The highest BCUT2D eigenvalue weighted by molar-refractivity contribution is 6.31. The van der Waals surface area contributed by atoms with E-state index >= 15 is 0 Å². The van der Waals surface area contributed by atoms with Crippen LogP contribution in [-0.4, -0.2) is 10.8 Å². The second-order valence-electron chi connectivity index (χ2n) is 3.75. The van der Waals surface area contributed by atoms with Gasteiger partial charge in [0.15, 0.2) is 0 Å². The van der Waals surface area contributed by atoms with Crippen molar-refractivity contribution >= 4 is 34.8 Å². The number of alkyl halides is 2. The molecule has 1 rings (SSSR count). The highest BCUT2D eigenvalue weighted by Crippen LogP contribution is 2.26. The summed E-state index contributed by atoms with van der Waals surface area (Å²) in [6, 6.07) is 5.85. The molecule has 0 aliphatic rings. The van der Waals surface area contributed by atoms with Crippen molar-refractivity contribution in [3.8, 4) is 0 Å². The van der Waals surface area contributed by atoms with E-state index in [1.165, 1.54) is 0 Å². The second kappa shape index (κ2) is 4.74. The van der Waals surface area contributed by atoms with Gasteiger partial charge in [-0.25, -0.2) is 0 Å². The molecule has 0 aromatic heterocycles. The summed E-state index contributed by atoms with van der Waals surface area (Å²) in [5.74, 6) is 0.431. The normalized spacial score (nSPS) is 15.2. The molecule has 0 nitrogen and oxygen atoms in total. The average Bonchev–Trinajstić information content (AvgIpc) is 2.13. The zero-order valence-electron chi connectivity index (χ0n) is 8.28. The molecule has 0 amide bonds. The fourth-order valence-corrected chi connectivity index (χ4v) is 1.72. The standard InChI is InChI=1S/C11H13Cl3/c1-8-9(4-3-5-10(8)13)6-11(2,14)7-12/h3-5H,6-7H2,1-2H3. The van der Waals surface area contributed by atoms with Crippen LogP contribution < -0.4 is 0 Å². The third kappa shape index (κ3) is 3.05. The molecular formula is C11H13Cl3. The van der Waals surface area contributed by atoms with Crippen LogP contribution in [-0.2, 0) is 6.42 Å². The molecule has 1 aromatic carbocycles. The number of halogens is 3. The van der Waals surface area contributed by atoms with E-state index in [-0.39, 0.29) is 0 Å². The van der Waals surface area contributed by atoms with E-state index in [4.69, 9.17) is 34.8 Å². The van der Waals surface area contributed by atoms with Gasteiger partial charge in [0.25, 0.3) is 0 Å². The molecule has 3 heteroatoms. The van der Waals surface area contributed by atoms with E-state index in [1.807, 2.05) is 32.0 Å². The maximum absolute atomic E-state index is 6.20. The van der Waals surface area contributed by atoms with Crippen molar-refractivity contribution in [2.75, 3.05) is 5.88 Å². The molecule has 0 saturated heterocycles. The topological polar surface area (TPSA) is 0 Å². The lowest BCUT2D eigenvalue weighted by Crippen LogP contribution is -2.22. The SMILES string of the molecule is Cc1c(Cl)cccc1CC(C)(Cl)CCl. The molecule has 78 valence electrons. The Labute approximate surface area is 100 Å². The quantitative estimate of drug-likeness (QED) is 0.697. The van der Waals surface area contributed by atoms with E-state index in [0.717, 1.165) is 22.6 Å². The Balaban J connectivity index is 2.92. The van der Waals surface area contributed by atoms with E-state index in [9.17, 15) is 0 Å². The van der Waals surface area contributed by atoms with Crippen LogP contribution in [0.2, 0.25) is 5.02 Å². The lowest BCUT2D eigenvalue weighted by atomic mass is 9.98. The molecule has 1 unspecified atom stereocenters. The van der Waals surface area contributed by atoms with Crippen LogP contribution in [0.15, 0.2) is 18.2 Å². The van der Waals surface area contributed by atoms with Crippen molar-refractivity contribution in [2.24, 2.45) is 0 Å². The number of rotatable bonds is 3. The third-order valence-corrected chi connectivity index (χ3v) is 3.62. The summed E-state index contributed by atoms with van der Waals surface area (Å²) in [6.45, 7) is 3.93. The average molecular weight is 252 g/mol. The van der Waals surface area contributed by atoms with Crippen LogP contribution in [0.25, 0.3) is 0 Å². The Morgan fingerprint density at radius 1 is 1.36 bits per heavy atom. The van der Waals surface area contributed by atoms with Crippen molar-refractivity contribution in [3.05, 3.63) is 34.3 Å². The summed E-state index contributed by atoms with van der Waals surface area (Å²) < 4.78 is 0. The van der Waals surface area contributed by atoms with E-state index in [1.54, 1.807) is 0 Å². The molecule has 0 aliphatic carbocycles. The second-order valence-corrected chi connectivity index (χ2v) is 5.33. The van der Waals surface area contributed by atoms with Gasteiger partial charge >= 0.3 is 0 Å². The van der Waals surface area contributed by atoms with Crippen LogP contribution in [0.5, 0.6) is 0 Å². The number of benzene rings is 1. The number of hydrogen-bond donors (Lipinski definition) is 0. The third-order valence-electron chi connectivity index (χ3n) is 2.22. The van der Waals surface area contributed by atoms with Gasteiger partial charge in [-0.1, -0.05) is 23.7 Å². The zero-order valence-corrected chi connectivity index (χ0v) is 10.5. The molecule has 14 heavy (non-hydrogen) atoms. The van der Waals surface area contributed by atoms with Crippen LogP contribution in [0, 0.1) is 6.92 Å². The molecule has 1 atom stereocenters. The Kier molecular flexibility index (Phi) is 4.12. The molecule has 0 radical (unpaired) electrons. The first-order valence-corrected chi connectivity index (χ1v) is 5.74. The molecule has 0 N–H and O–H groups in total. The maximum atomic E-state index is 6.20. The minimum atomic E-state index is -0.392. The fourth-order valence-electron chi connectivity index (χ4n) is 1.29. The summed E-state index contributed by atoms with van der Waals surface area (Å²) in [5.41, 5.74) is 2.25. The molecule has 0 bridgehead atoms. The predicted molar refractivity (Wildman–Crippen MR) is 64.9 cm³/mol. The van der Waals surface area contributed by atoms with E-state index in [0.29, 0.717) is 5.88 Å². The van der Waals surface area contributed by atoms with Crippen LogP contribution >= 0.6 is 34.8 Å². The van der Waals surface area contributed by atoms with Crippen LogP contribution in [0.3, 0.4) is 0 Å². The summed E-state index contributed by atoms with van der Waals surface area (Å²) in [7, 11) is 0. The molecule has 0 saturated carbocycles. The predicted octanol–water partition coefficient (Wildman–Crippen LogP) is 4.43. The Hall–Kier alpha value is 0.0900. The first-order valence-electron chi connectivity index (χ1n) is 4.45. The van der Waals surface area contributed by atoms with Gasteiger partial charge in [-0.2, -0.15) is 0 Å². The smallest absolute Gasteiger partial charge is 0.0593 e. The van der Waals surface area contributed by atoms with Gasteiger partial charge in [-0.05, 0) is 37.5 Å². The van der Waals surface area contributed by atoms with Gasteiger partial charge in [-0.15, -0.1) is 23.2 Å². The van der Waals surface area contributed by atoms with Crippen molar-refractivity contribution in [1.29, 1.82) is 0 Å². The van der Waals surface area contributed by atoms with Crippen molar-refractivity contribution in [3.63, 3.8) is 0 Å². The van der Waals surface area contributed by atoms with Gasteiger partial charge in [0.05, 0.1) is 4.87 Å². The zero-order chi connectivity index (χ0) is 10.8. The van der Waals surface area contributed by atoms with Gasteiger partial charge in [-0.3, -0.25) is 0 Å². The lowest BCUT2D eigenvalue weighted by molar-refractivity contribution is 0.698. The molecule has 1 aromatic rings. The first kappa shape index (κ1) is 12.2. The summed E-state index contributed by atoms with van der Waals surface area (Å²) in [5, 5.41) is 0.782. The van der Waals surface area contributed by atoms with Crippen LogP contribution in [0.1, 0.15) is 18.1 Å². The van der Waals surface area contributed by atoms with E-state index in [2.05, 4.69) is 0 Å². The lowest BCUT2D eigenvalue weighted by Gasteiger charge is -2.20. The highest BCUT2D eigenvalue weighted by atomic mass is 35.5. The maximum Gasteiger partial charge on any atom is 0.0593 e. The van der Waals surface area contributed by atoms with Crippen molar-refractivity contribution in [2.45, 2.75) is 25.1 Å². The van der Waals surface area contributed by atoms with Crippen LogP contribution in [0.4, 0.5) is 0 Å². The monoisotopic (exact) mass is 250 g/mol. The Bertz CT molecular complexity index is 318. The fraction of sp³-hybridized carbons (Fsp3) is 0.455. The van der Waals surface area contributed by atoms with Crippen molar-refractivity contribution < 1.29 is 0 Å². The van der Waals surface area contributed by atoms with Gasteiger partial charge in [0, 0.05) is 10.9 Å². The molecular weight excluding hydrogens is 238 g/mol. The Morgan fingerprint density at radius 3 is 2.57 bits per heavy atom. The molecule has 0 aliphatic heterocycles. The highest BCUT2D eigenvalue weighted by Gasteiger charge is 2.21. The summed E-state index contributed by atoms with van der Waals surface area (Å²) >= 11 is 18.0. The summed E-state index contributed by atoms with van der Waals surface area (Å²) in [6.07, 6.45) is 0.741. The van der Waals surface area contributed by atoms with Gasteiger partial charge < -0.3 is 0 Å². The van der Waals surface area contributed by atoms with Gasteiger partial charge in [0.1, 0.15) is 0 Å². The number of hydrogen-bond acceptors (Lipinski definition) is 0. The minimum Gasteiger partial charge on any atom is -0.125 e. The summed E-state index contributed by atoms with van der Waals surface area (Å²) in [4.78, 5) is -0.392. The minimum absolute atomic E-state index is 0.392. The molecule has 0 heterocycles. The molecule has 0 spiro atoms. The first-order chi connectivity index (χ1) is 6.46. The van der Waals surface area contributed by atoms with Crippen molar-refractivity contribution in [1.82, 2.24) is 0 Å². The van der Waals surface area contributed by atoms with Gasteiger partial charge in [0.2, 0.25) is 0 Å².